The molecule has 1 heterocycles. The molecule has 0 spiro atoms. The fraction of sp³-hybridized carbons (Fsp3) is 0.500. The normalized spacial score (nSPS) is 13.0. The van der Waals surface area contributed by atoms with Gasteiger partial charge in [-0.15, -0.1) is 0 Å². The predicted octanol–water partition coefficient (Wildman–Crippen LogP) is 5.73. The summed E-state index contributed by atoms with van der Waals surface area (Å²) in [7, 11) is 0. The van der Waals surface area contributed by atoms with Crippen molar-refractivity contribution in [2.24, 2.45) is 0 Å². The van der Waals surface area contributed by atoms with Gasteiger partial charge in [0.2, 0.25) is 0 Å². The number of nitrogens with one attached hydrogen (secondary N) is 1. The summed E-state index contributed by atoms with van der Waals surface area (Å²) in [6.07, 6.45) is 1.80. The second-order valence-corrected chi connectivity index (χ2v) is 9.38. The van der Waals surface area contributed by atoms with Crippen LogP contribution in [0.4, 0.5) is 5.69 Å². The molecular weight excluding hydrogens is 308 g/mol. The number of phenols is 1. The Morgan fingerprint density at radius 3 is 2.00 bits per heavy atom. The maximum atomic E-state index is 10.9. The first kappa shape index (κ1) is 19.3. The summed E-state index contributed by atoms with van der Waals surface area (Å²) < 4.78 is 0. The van der Waals surface area contributed by atoms with Crippen molar-refractivity contribution in [2.75, 3.05) is 5.32 Å². The van der Waals surface area contributed by atoms with Crippen molar-refractivity contribution in [3.63, 3.8) is 0 Å². The Balaban J connectivity index is 2.57. The van der Waals surface area contributed by atoms with Crippen LogP contribution in [-0.4, -0.2) is 10.1 Å². The van der Waals surface area contributed by atoms with Crippen molar-refractivity contribution in [1.29, 1.82) is 0 Å². The van der Waals surface area contributed by atoms with E-state index in [2.05, 4.69) is 77.8 Å². The van der Waals surface area contributed by atoms with Gasteiger partial charge in [-0.05, 0) is 48.4 Å². The van der Waals surface area contributed by atoms with Crippen LogP contribution in [0.5, 0.6) is 5.75 Å². The van der Waals surface area contributed by atoms with Crippen LogP contribution in [0, 0.1) is 0 Å². The van der Waals surface area contributed by atoms with Gasteiger partial charge in [-0.3, -0.25) is 4.98 Å². The summed E-state index contributed by atoms with van der Waals surface area (Å²) in [5.74, 6) is 0.324. The third-order valence-corrected chi connectivity index (χ3v) is 4.54. The number of hydrogen-bond acceptors (Lipinski definition) is 3. The molecule has 0 aliphatic heterocycles. The molecule has 2 aromatic rings. The number of aromatic nitrogens is 1. The molecule has 0 saturated heterocycles. The fourth-order valence-corrected chi connectivity index (χ4v) is 2.87. The molecule has 25 heavy (non-hydrogen) atoms. The van der Waals surface area contributed by atoms with E-state index in [1.165, 1.54) is 5.56 Å². The quantitative estimate of drug-likeness (QED) is 0.701. The van der Waals surface area contributed by atoms with Gasteiger partial charge in [0.1, 0.15) is 5.75 Å². The zero-order chi connectivity index (χ0) is 19.0. The monoisotopic (exact) mass is 340 g/mol. The number of nitrogens with zero attached hydrogens (tertiary/aromatic N) is 1. The van der Waals surface area contributed by atoms with Gasteiger partial charge in [0.05, 0.1) is 16.9 Å². The van der Waals surface area contributed by atoms with Crippen LogP contribution in [0.2, 0.25) is 0 Å². The van der Waals surface area contributed by atoms with Gasteiger partial charge < -0.3 is 10.4 Å². The van der Waals surface area contributed by atoms with Gasteiger partial charge in [0, 0.05) is 11.8 Å². The van der Waals surface area contributed by atoms with Crippen LogP contribution in [0.25, 0.3) is 0 Å². The number of hydrogen-bond donors (Lipinski definition) is 2. The Hall–Kier alpha value is -2.03. The number of anilines is 1. The standard InChI is InChI=1S/C22H32N2O/c1-20(2,3)15-13-16(21(4,5)6)19(25)17(14-15)24-22(7,8)18-11-9-10-12-23-18/h9-14,24-25H,1-8H3. The van der Waals surface area contributed by atoms with E-state index in [0.29, 0.717) is 5.75 Å². The van der Waals surface area contributed by atoms with Crippen molar-refractivity contribution in [3.05, 3.63) is 53.3 Å². The topological polar surface area (TPSA) is 45.2 Å². The van der Waals surface area contributed by atoms with Crippen LogP contribution < -0.4 is 5.32 Å². The van der Waals surface area contributed by atoms with E-state index in [1.54, 1.807) is 6.20 Å². The smallest absolute Gasteiger partial charge is 0.142 e. The van der Waals surface area contributed by atoms with Crippen LogP contribution >= 0.6 is 0 Å². The highest BCUT2D eigenvalue weighted by Crippen LogP contribution is 2.41. The second kappa shape index (κ2) is 6.36. The molecule has 0 unspecified atom stereocenters. The van der Waals surface area contributed by atoms with Crippen LogP contribution in [0.15, 0.2) is 36.5 Å². The third-order valence-electron chi connectivity index (χ3n) is 4.54. The number of rotatable bonds is 3. The average Bonchev–Trinajstić information content (AvgIpc) is 2.47. The Kier molecular flexibility index (Phi) is 4.91. The lowest BCUT2D eigenvalue weighted by molar-refractivity contribution is 0.443. The highest BCUT2D eigenvalue weighted by molar-refractivity contribution is 5.65. The lowest BCUT2D eigenvalue weighted by Gasteiger charge is -2.32. The third kappa shape index (κ3) is 4.33. The summed E-state index contributed by atoms with van der Waals surface area (Å²) in [6.45, 7) is 17.1. The van der Waals surface area contributed by atoms with Crippen molar-refractivity contribution in [3.8, 4) is 5.75 Å². The zero-order valence-corrected chi connectivity index (χ0v) is 16.9. The fourth-order valence-electron chi connectivity index (χ4n) is 2.87. The van der Waals surface area contributed by atoms with E-state index in [0.717, 1.165) is 16.9 Å². The first-order chi connectivity index (χ1) is 11.3. The summed E-state index contributed by atoms with van der Waals surface area (Å²) in [5, 5.41) is 14.5. The van der Waals surface area contributed by atoms with Gasteiger partial charge in [0.15, 0.2) is 0 Å². The molecule has 2 rings (SSSR count). The molecule has 0 atom stereocenters. The molecule has 1 aromatic carbocycles. The second-order valence-electron chi connectivity index (χ2n) is 9.38. The maximum absolute atomic E-state index is 10.9. The van der Waals surface area contributed by atoms with Crippen LogP contribution in [0.1, 0.15) is 72.2 Å². The Morgan fingerprint density at radius 1 is 0.880 bits per heavy atom. The van der Waals surface area contributed by atoms with Crippen molar-refractivity contribution in [2.45, 2.75) is 71.8 Å². The molecule has 0 aliphatic rings. The van der Waals surface area contributed by atoms with Gasteiger partial charge in [0.25, 0.3) is 0 Å². The molecule has 136 valence electrons. The number of aromatic hydroxyl groups is 1. The molecule has 2 N–H and O–H groups in total. The Morgan fingerprint density at radius 2 is 1.52 bits per heavy atom. The van der Waals surface area contributed by atoms with Crippen LogP contribution in [-0.2, 0) is 16.4 Å². The van der Waals surface area contributed by atoms with Crippen molar-refractivity contribution < 1.29 is 5.11 Å². The number of pyridine rings is 1. The summed E-state index contributed by atoms with van der Waals surface area (Å²) in [5.41, 5.74) is 3.32. The van der Waals surface area contributed by atoms with E-state index in [9.17, 15) is 5.11 Å². The van der Waals surface area contributed by atoms with E-state index >= 15 is 0 Å². The average molecular weight is 341 g/mol. The SMILES string of the molecule is CC(C)(C)c1cc(NC(C)(C)c2ccccn2)c(O)c(C(C)(C)C)c1. The van der Waals surface area contributed by atoms with Crippen molar-refractivity contribution >= 4 is 5.69 Å². The Labute approximate surface area is 152 Å². The van der Waals surface area contributed by atoms with Crippen molar-refractivity contribution in [1.82, 2.24) is 4.98 Å². The highest BCUT2D eigenvalue weighted by atomic mass is 16.3. The molecule has 0 aliphatic carbocycles. The molecular formula is C22H32N2O. The molecule has 1 aromatic heterocycles. The minimum absolute atomic E-state index is 0.000724. The Bertz CT molecular complexity index is 735. The molecule has 3 nitrogen and oxygen atoms in total. The summed E-state index contributed by atoms with van der Waals surface area (Å²) in [6, 6.07) is 10.1. The summed E-state index contributed by atoms with van der Waals surface area (Å²) >= 11 is 0. The number of benzene rings is 1. The maximum Gasteiger partial charge on any atom is 0.142 e. The van der Waals surface area contributed by atoms with Gasteiger partial charge in [-0.25, -0.2) is 0 Å². The van der Waals surface area contributed by atoms with Gasteiger partial charge in [-0.1, -0.05) is 53.7 Å². The largest absolute Gasteiger partial charge is 0.505 e. The van der Waals surface area contributed by atoms with Gasteiger partial charge >= 0.3 is 0 Å². The molecule has 3 heteroatoms. The zero-order valence-electron chi connectivity index (χ0n) is 16.9. The first-order valence-corrected chi connectivity index (χ1v) is 8.90. The molecule has 0 amide bonds. The van der Waals surface area contributed by atoms with E-state index in [1.807, 2.05) is 18.2 Å². The van der Waals surface area contributed by atoms with Gasteiger partial charge in [-0.2, -0.15) is 0 Å². The predicted molar refractivity (Wildman–Crippen MR) is 106 cm³/mol. The lowest BCUT2D eigenvalue weighted by Crippen LogP contribution is -2.29. The number of phenolic OH excluding ortho intramolecular Hbond substituents is 1. The van der Waals surface area contributed by atoms with E-state index < -0.39 is 5.54 Å². The minimum atomic E-state index is -0.398. The minimum Gasteiger partial charge on any atom is -0.505 e. The molecule has 0 saturated carbocycles. The van der Waals surface area contributed by atoms with E-state index in [-0.39, 0.29) is 10.8 Å². The highest BCUT2D eigenvalue weighted by Gasteiger charge is 2.28. The van der Waals surface area contributed by atoms with Crippen LogP contribution in [0.3, 0.4) is 0 Å². The molecule has 0 bridgehead atoms. The molecule has 0 fully saturated rings. The molecule has 0 radical (unpaired) electrons. The summed E-state index contributed by atoms with van der Waals surface area (Å²) in [4.78, 5) is 4.47. The lowest BCUT2D eigenvalue weighted by atomic mass is 9.79. The van der Waals surface area contributed by atoms with E-state index in [4.69, 9.17) is 0 Å². The first-order valence-electron chi connectivity index (χ1n) is 8.90.